The Hall–Kier alpha value is -3.36. The third kappa shape index (κ3) is 3.43. The Morgan fingerprint density at radius 3 is 2.72 bits per heavy atom. The molecular weight excluding hydrogens is 384 g/mol. The molecule has 7 nitrogen and oxygen atoms in total. The summed E-state index contributed by atoms with van der Waals surface area (Å²) in [4.78, 5) is 38.5. The van der Waals surface area contributed by atoms with Gasteiger partial charge >= 0.3 is 5.69 Å². The Morgan fingerprint density at radius 1 is 1.17 bits per heavy atom. The molecule has 2 aromatic carbocycles. The van der Waals surface area contributed by atoms with Gasteiger partial charge in [-0.05, 0) is 48.7 Å². The zero-order chi connectivity index (χ0) is 20.7. The number of anilines is 2. The first-order valence-corrected chi connectivity index (χ1v) is 9.19. The summed E-state index contributed by atoms with van der Waals surface area (Å²) in [6, 6.07) is 7.50. The van der Waals surface area contributed by atoms with E-state index in [1.54, 1.807) is 11.0 Å². The smallest absolute Gasteiger partial charge is 0.306 e. The van der Waals surface area contributed by atoms with Crippen LogP contribution in [0.1, 0.15) is 18.4 Å². The summed E-state index contributed by atoms with van der Waals surface area (Å²) in [6.07, 6.45) is 1.32. The number of carbonyl (C=O) groups is 2. The van der Waals surface area contributed by atoms with E-state index in [1.165, 1.54) is 23.1 Å². The molecule has 0 aromatic heterocycles. The van der Waals surface area contributed by atoms with E-state index >= 15 is 0 Å². The summed E-state index contributed by atoms with van der Waals surface area (Å²) in [5, 5.41) is 11.0. The van der Waals surface area contributed by atoms with Crippen LogP contribution in [0.2, 0.25) is 0 Å². The molecule has 1 saturated heterocycles. The average Bonchev–Trinajstić information content (AvgIpc) is 3.08. The number of nitrogens with zero attached hydrogens (tertiary/aromatic N) is 3. The van der Waals surface area contributed by atoms with E-state index in [9.17, 15) is 28.5 Å². The maximum Gasteiger partial charge on any atom is 0.306 e. The summed E-state index contributed by atoms with van der Waals surface area (Å²) < 4.78 is 27.1. The predicted molar refractivity (Wildman–Crippen MR) is 101 cm³/mol. The second-order valence-electron chi connectivity index (χ2n) is 7.16. The van der Waals surface area contributed by atoms with Crippen LogP contribution in [0.25, 0.3) is 0 Å². The lowest BCUT2D eigenvalue weighted by molar-refractivity contribution is -0.387. The fourth-order valence-corrected chi connectivity index (χ4v) is 3.95. The zero-order valence-corrected chi connectivity index (χ0v) is 15.3. The fourth-order valence-electron chi connectivity index (χ4n) is 3.95. The van der Waals surface area contributed by atoms with Gasteiger partial charge in [0.05, 0.1) is 16.5 Å². The molecule has 0 saturated carbocycles. The number of hydrogen-bond acceptors (Lipinski definition) is 4. The molecule has 0 aliphatic carbocycles. The molecule has 1 unspecified atom stereocenters. The van der Waals surface area contributed by atoms with Crippen LogP contribution >= 0.6 is 0 Å². The van der Waals surface area contributed by atoms with Gasteiger partial charge < -0.3 is 9.80 Å². The van der Waals surface area contributed by atoms with Gasteiger partial charge in [-0.3, -0.25) is 19.7 Å². The van der Waals surface area contributed by atoms with Crippen molar-refractivity contribution in [1.29, 1.82) is 0 Å². The van der Waals surface area contributed by atoms with Crippen LogP contribution in [-0.4, -0.2) is 29.8 Å². The summed E-state index contributed by atoms with van der Waals surface area (Å²) in [6.45, 7) is 0.525. The van der Waals surface area contributed by atoms with E-state index in [-0.39, 0.29) is 36.3 Å². The molecule has 1 atom stereocenters. The molecule has 9 heteroatoms. The van der Waals surface area contributed by atoms with Crippen molar-refractivity contribution in [3.63, 3.8) is 0 Å². The van der Waals surface area contributed by atoms with Crippen LogP contribution in [-0.2, 0) is 16.0 Å². The Balaban J connectivity index is 1.57. The van der Waals surface area contributed by atoms with Gasteiger partial charge in [0, 0.05) is 31.3 Å². The van der Waals surface area contributed by atoms with Crippen molar-refractivity contribution in [1.82, 2.24) is 0 Å². The SMILES string of the molecule is O=C1CC(C(=O)N2CCCc3cc(F)ccc32)CN1c1ccc(F)c([N+](=O)[O-])c1. The average molecular weight is 401 g/mol. The highest BCUT2D eigenvalue weighted by Crippen LogP contribution is 2.33. The molecule has 0 N–H and O–H groups in total. The lowest BCUT2D eigenvalue weighted by Gasteiger charge is -2.31. The first kappa shape index (κ1) is 19.0. The molecule has 2 aliphatic heterocycles. The number of aryl methyl sites for hydroxylation is 1. The highest BCUT2D eigenvalue weighted by Gasteiger charge is 2.39. The van der Waals surface area contributed by atoms with E-state index in [4.69, 9.17) is 0 Å². The second kappa shape index (κ2) is 7.23. The van der Waals surface area contributed by atoms with Gasteiger partial charge in [-0.25, -0.2) is 4.39 Å². The normalized spacial score (nSPS) is 18.7. The van der Waals surface area contributed by atoms with Crippen molar-refractivity contribution in [2.45, 2.75) is 19.3 Å². The number of rotatable bonds is 3. The molecule has 2 aromatic rings. The fraction of sp³-hybridized carbons (Fsp3) is 0.300. The van der Waals surface area contributed by atoms with Gasteiger partial charge in [0.15, 0.2) is 0 Å². The molecule has 2 amide bonds. The standard InChI is InChI=1S/C20H17F2N3O4/c21-14-3-6-17-12(8-14)2-1-7-23(17)20(27)13-9-19(26)24(11-13)15-4-5-16(22)18(10-15)25(28)29/h3-6,8,10,13H,1-2,7,9,11H2. The van der Waals surface area contributed by atoms with E-state index in [1.807, 2.05) is 0 Å². The lowest BCUT2D eigenvalue weighted by atomic mass is 9.99. The molecule has 29 heavy (non-hydrogen) atoms. The number of amides is 2. The van der Waals surface area contributed by atoms with Gasteiger partial charge in [-0.15, -0.1) is 0 Å². The van der Waals surface area contributed by atoms with Crippen LogP contribution in [0.3, 0.4) is 0 Å². The topological polar surface area (TPSA) is 83.8 Å². The van der Waals surface area contributed by atoms with Gasteiger partial charge in [0.25, 0.3) is 0 Å². The van der Waals surface area contributed by atoms with Crippen LogP contribution in [0.15, 0.2) is 36.4 Å². The third-order valence-electron chi connectivity index (χ3n) is 5.34. The summed E-state index contributed by atoms with van der Waals surface area (Å²) in [5.74, 6) is -2.60. The molecule has 150 valence electrons. The van der Waals surface area contributed by atoms with Gasteiger partial charge in [0.1, 0.15) is 5.82 Å². The minimum atomic E-state index is -0.991. The Labute approximate surface area is 164 Å². The second-order valence-corrected chi connectivity index (χ2v) is 7.16. The van der Waals surface area contributed by atoms with Crippen molar-refractivity contribution < 1.29 is 23.3 Å². The van der Waals surface area contributed by atoms with Gasteiger partial charge in [0.2, 0.25) is 17.6 Å². The maximum atomic E-state index is 13.6. The van der Waals surface area contributed by atoms with Gasteiger partial charge in [-0.1, -0.05) is 0 Å². The molecule has 4 rings (SSSR count). The Bertz CT molecular complexity index is 1030. The highest BCUT2D eigenvalue weighted by atomic mass is 19.1. The molecule has 0 spiro atoms. The monoisotopic (exact) mass is 401 g/mol. The first-order valence-electron chi connectivity index (χ1n) is 9.19. The van der Waals surface area contributed by atoms with E-state index in [2.05, 4.69) is 0 Å². The van der Waals surface area contributed by atoms with Gasteiger partial charge in [-0.2, -0.15) is 4.39 Å². The largest absolute Gasteiger partial charge is 0.312 e. The molecule has 1 fully saturated rings. The van der Waals surface area contributed by atoms with E-state index in [0.29, 0.717) is 25.1 Å². The van der Waals surface area contributed by atoms with Crippen molar-refractivity contribution in [3.8, 4) is 0 Å². The Kier molecular flexibility index (Phi) is 4.73. The number of carbonyl (C=O) groups excluding carboxylic acids is 2. The third-order valence-corrected chi connectivity index (χ3v) is 5.34. The first-order chi connectivity index (χ1) is 13.8. The van der Waals surface area contributed by atoms with Crippen LogP contribution in [0.4, 0.5) is 25.8 Å². The molecule has 2 aliphatic rings. The van der Waals surface area contributed by atoms with Crippen LogP contribution in [0, 0.1) is 27.7 Å². The number of nitro benzene ring substituents is 1. The number of nitro groups is 1. The summed E-state index contributed by atoms with van der Waals surface area (Å²) >= 11 is 0. The number of benzene rings is 2. The van der Waals surface area contributed by atoms with Crippen LogP contribution in [0.5, 0.6) is 0 Å². The molecular formula is C20H17F2N3O4. The van der Waals surface area contributed by atoms with E-state index < -0.39 is 22.3 Å². The minimum absolute atomic E-state index is 0.0446. The molecule has 0 bridgehead atoms. The number of halogens is 2. The highest BCUT2D eigenvalue weighted by molar-refractivity contribution is 6.05. The lowest BCUT2D eigenvalue weighted by Crippen LogP contribution is -2.40. The molecule has 0 radical (unpaired) electrons. The van der Waals surface area contributed by atoms with Crippen molar-refractivity contribution in [2.24, 2.45) is 5.92 Å². The van der Waals surface area contributed by atoms with Crippen molar-refractivity contribution >= 4 is 28.9 Å². The van der Waals surface area contributed by atoms with E-state index in [0.717, 1.165) is 17.7 Å². The predicted octanol–water partition coefficient (Wildman–Crippen LogP) is 3.21. The quantitative estimate of drug-likeness (QED) is 0.584. The number of fused-ring (bicyclic) bond motifs is 1. The summed E-state index contributed by atoms with van der Waals surface area (Å²) in [7, 11) is 0. The zero-order valence-electron chi connectivity index (χ0n) is 15.3. The maximum absolute atomic E-state index is 13.6. The molecule has 2 heterocycles. The van der Waals surface area contributed by atoms with Crippen molar-refractivity contribution in [2.75, 3.05) is 22.9 Å². The summed E-state index contributed by atoms with van der Waals surface area (Å²) in [5.41, 5.74) is 0.850. The van der Waals surface area contributed by atoms with Crippen molar-refractivity contribution in [3.05, 3.63) is 63.7 Å². The Morgan fingerprint density at radius 2 is 1.97 bits per heavy atom. The van der Waals surface area contributed by atoms with Crippen LogP contribution < -0.4 is 9.80 Å². The number of hydrogen-bond donors (Lipinski definition) is 0. The minimum Gasteiger partial charge on any atom is -0.312 e.